The van der Waals surface area contributed by atoms with Crippen molar-refractivity contribution in [3.05, 3.63) is 15.6 Å². The maximum atomic E-state index is 4.96. The maximum absolute atomic E-state index is 4.96. The van der Waals surface area contributed by atoms with E-state index in [4.69, 9.17) is 4.74 Å². The van der Waals surface area contributed by atoms with Crippen molar-refractivity contribution in [2.75, 3.05) is 27.3 Å². The number of hydrogen-bond donors (Lipinski definition) is 2. The molecule has 7 heteroatoms. The summed E-state index contributed by atoms with van der Waals surface area (Å²) in [6.45, 7) is 6.22. The third-order valence-corrected chi connectivity index (χ3v) is 3.37. The second kappa shape index (κ2) is 9.51. The minimum atomic E-state index is 0. The zero-order chi connectivity index (χ0) is 12.7. The van der Waals surface area contributed by atoms with E-state index < -0.39 is 0 Å². The minimum Gasteiger partial charge on any atom is -0.383 e. The highest BCUT2D eigenvalue weighted by atomic mass is 127. The molecule has 0 amide bonds. The van der Waals surface area contributed by atoms with Crippen molar-refractivity contribution >= 4 is 41.3 Å². The number of halogens is 1. The van der Waals surface area contributed by atoms with Crippen LogP contribution in [0.4, 0.5) is 0 Å². The van der Waals surface area contributed by atoms with Crippen LogP contribution in [0, 0.1) is 13.8 Å². The lowest BCUT2D eigenvalue weighted by molar-refractivity contribution is 0.203. The van der Waals surface area contributed by atoms with Crippen LogP contribution in [0.3, 0.4) is 0 Å². The Morgan fingerprint density at radius 3 is 2.61 bits per heavy atom. The van der Waals surface area contributed by atoms with E-state index in [2.05, 4.69) is 27.5 Å². The van der Waals surface area contributed by atoms with Crippen molar-refractivity contribution in [2.45, 2.75) is 20.4 Å². The molecule has 1 rings (SSSR count). The fourth-order valence-corrected chi connectivity index (χ4v) is 2.14. The Morgan fingerprint density at radius 1 is 1.39 bits per heavy atom. The molecule has 5 nitrogen and oxygen atoms in total. The van der Waals surface area contributed by atoms with Gasteiger partial charge in [0.1, 0.15) is 5.01 Å². The highest BCUT2D eigenvalue weighted by Gasteiger charge is 2.04. The summed E-state index contributed by atoms with van der Waals surface area (Å²) >= 11 is 1.71. The molecule has 0 aromatic carbocycles. The van der Waals surface area contributed by atoms with Gasteiger partial charge >= 0.3 is 0 Å². The number of thiazole rings is 1. The Labute approximate surface area is 129 Å². The first-order valence-corrected chi connectivity index (χ1v) is 6.35. The summed E-state index contributed by atoms with van der Waals surface area (Å²) in [5.41, 5.74) is 1.11. The molecule has 104 valence electrons. The molecule has 18 heavy (non-hydrogen) atoms. The lowest BCUT2D eigenvalue weighted by Gasteiger charge is -2.09. The summed E-state index contributed by atoms with van der Waals surface area (Å²) in [5.74, 6) is 0.771. The quantitative estimate of drug-likeness (QED) is 0.351. The van der Waals surface area contributed by atoms with Gasteiger partial charge in [0.2, 0.25) is 0 Å². The second-order valence-corrected chi connectivity index (χ2v) is 4.88. The van der Waals surface area contributed by atoms with Crippen LogP contribution >= 0.6 is 35.3 Å². The molecule has 0 aliphatic rings. The average Bonchev–Trinajstić information content (AvgIpc) is 2.63. The predicted octanol–water partition coefficient (Wildman–Crippen LogP) is 1.69. The van der Waals surface area contributed by atoms with Gasteiger partial charge in [-0.05, 0) is 13.8 Å². The van der Waals surface area contributed by atoms with Gasteiger partial charge in [-0.3, -0.25) is 4.99 Å². The Bertz CT molecular complexity index is 362. The van der Waals surface area contributed by atoms with Gasteiger partial charge in [0.05, 0.1) is 18.8 Å². The van der Waals surface area contributed by atoms with Crippen LogP contribution in [-0.4, -0.2) is 38.3 Å². The van der Waals surface area contributed by atoms with Crippen LogP contribution in [-0.2, 0) is 11.3 Å². The number of aliphatic imine (C=N–C) groups is 1. The molecular formula is C11H21IN4OS. The van der Waals surface area contributed by atoms with Crippen molar-refractivity contribution in [3.8, 4) is 0 Å². The number of aryl methyl sites for hydroxylation is 2. The van der Waals surface area contributed by atoms with E-state index in [0.717, 1.165) is 23.2 Å². The minimum absolute atomic E-state index is 0. The van der Waals surface area contributed by atoms with E-state index in [0.29, 0.717) is 13.2 Å². The van der Waals surface area contributed by atoms with Crippen LogP contribution in [0.25, 0.3) is 0 Å². The molecule has 2 N–H and O–H groups in total. The summed E-state index contributed by atoms with van der Waals surface area (Å²) in [6.07, 6.45) is 0. The summed E-state index contributed by atoms with van der Waals surface area (Å²) in [7, 11) is 3.43. The number of ether oxygens (including phenoxy) is 1. The zero-order valence-corrected chi connectivity index (χ0v) is 14.4. The summed E-state index contributed by atoms with van der Waals surface area (Å²) < 4.78 is 4.96. The van der Waals surface area contributed by atoms with Crippen molar-refractivity contribution in [3.63, 3.8) is 0 Å². The first kappa shape index (κ1) is 17.6. The van der Waals surface area contributed by atoms with E-state index in [9.17, 15) is 0 Å². The maximum Gasteiger partial charge on any atom is 0.191 e. The second-order valence-electron chi connectivity index (χ2n) is 3.59. The van der Waals surface area contributed by atoms with Crippen molar-refractivity contribution in [2.24, 2.45) is 4.99 Å². The third kappa shape index (κ3) is 5.96. The van der Waals surface area contributed by atoms with E-state index >= 15 is 0 Å². The van der Waals surface area contributed by atoms with Gasteiger partial charge in [0.25, 0.3) is 0 Å². The van der Waals surface area contributed by atoms with E-state index in [1.165, 1.54) is 4.88 Å². The molecule has 1 aromatic heterocycles. The van der Waals surface area contributed by atoms with Gasteiger partial charge in [-0.2, -0.15) is 0 Å². The fourth-order valence-electron chi connectivity index (χ4n) is 1.27. The Kier molecular flexibility index (Phi) is 9.29. The molecule has 1 aromatic rings. The number of hydrogen-bond acceptors (Lipinski definition) is 4. The molecule has 0 saturated carbocycles. The lowest BCUT2D eigenvalue weighted by atomic mass is 10.4. The normalized spacial score (nSPS) is 11.0. The van der Waals surface area contributed by atoms with Gasteiger partial charge in [0, 0.05) is 25.6 Å². The Morgan fingerprint density at radius 2 is 2.11 bits per heavy atom. The summed E-state index contributed by atoms with van der Waals surface area (Å²) in [5, 5.41) is 7.45. The molecule has 0 aliphatic carbocycles. The van der Waals surface area contributed by atoms with E-state index in [-0.39, 0.29) is 24.0 Å². The van der Waals surface area contributed by atoms with Crippen LogP contribution < -0.4 is 10.6 Å². The van der Waals surface area contributed by atoms with Crippen LogP contribution in [0.2, 0.25) is 0 Å². The highest BCUT2D eigenvalue weighted by molar-refractivity contribution is 14.0. The molecule has 0 saturated heterocycles. The summed E-state index contributed by atoms with van der Waals surface area (Å²) in [4.78, 5) is 9.85. The van der Waals surface area contributed by atoms with E-state index in [1.807, 2.05) is 6.92 Å². The van der Waals surface area contributed by atoms with Gasteiger partial charge in [-0.1, -0.05) is 0 Å². The molecule has 0 spiro atoms. The van der Waals surface area contributed by atoms with Gasteiger partial charge in [0.15, 0.2) is 5.96 Å². The highest BCUT2D eigenvalue weighted by Crippen LogP contribution is 2.15. The van der Waals surface area contributed by atoms with Gasteiger partial charge in [-0.15, -0.1) is 35.3 Å². The SMILES string of the molecule is CN=C(NCCOC)NCc1nc(C)c(C)s1.I. The topological polar surface area (TPSA) is 58.5 Å². The molecule has 0 unspecified atom stereocenters. The lowest BCUT2D eigenvalue weighted by Crippen LogP contribution is -2.38. The van der Waals surface area contributed by atoms with Crippen molar-refractivity contribution in [1.82, 2.24) is 15.6 Å². The molecule has 0 fully saturated rings. The standard InChI is InChI=1S/C11H20N4OS.HI/c1-8-9(2)17-10(15-8)7-14-11(12-3)13-5-6-16-4;/h5-7H2,1-4H3,(H2,12,13,14);1H. The summed E-state index contributed by atoms with van der Waals surface area (Å²) in [6, 6.07) is 0. The number of methoxy groups -OCH3 is 1. The van der Waals surface area contributed by atoms with Gasteiger partial charge < -0.3 is 15.4 Å². The Hall–Kier alpha value is -0.410. The fraction of sp³-hybridized carbons (Fsp3) is 0.636. The molecule has 0 bridgehead atoms. The van der Waals surface area contributed by atoms with Crippen LogP contribution in [0.1, 0.15) is 15.6 Å². The number of rotatable bonds is 5. The van der Waals surface area contributed by atoms with Gasteiger partial charge in [-0.25, -0.2) is 4.98 Å². The zero-order valence-electron chi connectivity index (χ0n) is 11.2. The average molecular weight is 384 g/mol. The molecule has 0 aliphatic heterocycles. The largest absolute Gasteiger partial charge is 0.383 e. The number of guanidine groups is 1. The van der Waals surface area contributed by atoms with Crippen LogP contribution in [0.5, 0.6) is 0 Å². The van der Waals surface area contributed by atoms with Crippen LogP contribution in [0.15, 0.2) is 4.99 Å². The van der Waals surface area contributed by atoms with Crippen molar-refractivity contribution in [1.29, 1.82) is 0 Å². The Balaban J connectivity index is 0.00000289. The molecular weight excluding hydrogens is 363 g/mol. The number of nitrogens with one attached hydrogen (secondary N) is 2. The van der Waals surface area contributed by atoms with E-state index in [1.54, 1.807) is 25.5 Å². The first-order valence-electron chi connectivity index (χ1n) is 5.53. The number of nitrogens with zero attached hydrogens (tertiary/aromatic N) is 2. The molecule has 0 radical (unpaired) electrons. The molecule has 1 heterocycles. The molecule has 0 atom stereocenters. The van der Waals surface area contributed by atoms with Crippen molar-refractivity contribution < 1.29 is 4.74 Å². The predicted molar refractivity (Wildman–Crippen MR) is 87.1 cm³/mol. The third-order valence-electron chi connectivity index (χ3n) is 2.30. The first-order chi connectivity index (χ1) is 8.17. The number of aromatic nitrogens is 1. The monoisotopic (exact) mass is 384 g/mol. The smallest absolute Gasteiger partial charge is 0.191 e.